The van der Waals surface area contributed by atoms with Gasteiger partial charge in [-0.05, 0) is 12.5 Å². The number of anilines is 1. The van der Waals surface area contributed by atoms with E-state index in [4.69, 9.17) is 5.73 Å². The maximum absolute atomic E-state index is 12.7. The Labute approximate surface area is 116 Å². The minimum Gasteiger partial charge on any atom is -0.382 e. The van der Waals surface area contributed by atoms with E-state index in [0.29, 0.717) is 17.7 Å². The number of unbranched alkanes of at least 4 members (excludes halogenated alkanes) is 1. The number of rotatable bonds is 3. The van der Waals surface area contributed by atoms with Crippen molar-refractivity contribution in [3.05, 3.63) is 34.6 Å². The molecule has 3 aromatic rings. The van der Waals surface area contributed by atoms with Crippen LogP contribution in [-0.2, 0) is 13.6 Å². The van der Waals surface area contributed by atoms with Gasteiger partial charge in [-0.1, -0.05) is 31.5 Å². The predicted molar refractivity (Wildman–Crippen MR) is 81.8 cm³/mol. The van der Waals surface area contributed by atoms with Crippen LogP contribution in [0.3, 0.4) is 0 Å². The summed E-state index contributed by atoms with van der Waals surface area (Å²) in [6.07, 6.45) is 2.01. The third kappa shape index (κ3) is 1.70. The lowest BCUT2D eigenvalue weighted by molar-refractivity contribution is 0.635. The van der Waals surface area contributed by atoms with E-state index in [1.807, 2.05) is 35.9 Å². The van der Waals surface area contributed by atoms with Crippen LogP contribution in [0.2, 0.25) is 0 Å². The van der Waals surface area contributed by atoms with E-state index < -0.39 is 0 Å². The van der Waals surface area contributed by atoms with Crippen LogP contribution < -0.4 is 11.3 Å². The number of nitrogen functional groups attached to an aromatic ring is 1. The number of para-hydroxylation sites is 1. The standard InChI is InChI=1S/C15H18N4O/c1-3-4-9-19-11-8-6-5-7-10(11)13-12(15(19)20)14(16)17-18(13)2/h5-8H,3-4,9H2,1-2H3,(H2,16,17). The Kier molecular flexibility index (Phi) is 2.97. The molecule has 0 radical (unpaired) electrons. The molecule has 0 fully saturated rings. The molecule has 0 amide bonds. The summed E-state index contributed by atoms with van der Waals surface area (Å²) in [4.78, 5) is 12.7. The highest BCUT2D eigenvalue weighted by Gasteiger charge is 2.16. The second kappa shape index (κ2) is 4.67. The maximum atomic E-state index is 12.7. The van der Waals surface area contributed by atoms with Gasteiger partial charge in [-0.15, -0.1) is 0 Å². The molecule has 5 heteroatoms. The zero-order valence-electron chi connectivity index (χ0n) is 11.8. The summed E-state index contributed by atoms with van der Waals surface area (Å²) in [5, 5.41) is 5.75. The first-order chi connectivity index (χ1) is 9.65. The van der Waals surface area contributed by atoms with Crippen molar-refractivity contribution in [2.45, 2.75) is 26.3 Å². The molecule has 20 heavy (non-hydrogen) atoms. The molecule has 1 aromatic carbocycles. The number of fused-ring (bicyclic) bond motifs is 3. The molecule has 3 rings (SSSR count). The van der Waals surface area contributed by atoms with Crippen molar-refractivity contribution < 1.29 is 0 Å². The molecule has 0 aliphatic rings. The first-order valence-corrected chi connectivity index (χ1v) is 6.89. The monoisotopic (exact) mass is 270 g/mol. The van der Waals surface area contributed by atoms with Crippen LogP contribution >= 0.6 is 0 Å². The van der Waals surface area contributed by atoms with Gasteiger partial charge in [0.25, 0.3) is 5.56 Å². The number of nitrogens with two attached hydrogens (primary N) is 1. The average molecular weight is 270 g/mol. The van der Waals surface area contributed by atoms with Crippen LogP contribution in [0.25, 0.3) is 21.8 Å². The number of nitrogens with zero attached hydrogens (tertiary/aromatic N) is 3. The van der Waals surface area contributed by atoms with Crippen LogP contribution in [0.15, 0.2) is 29.1 Å². The van der Waals surface area contributed by atoms with Gasteiger partial charge in [0.05, 0.1) is 11.0 Å². The van der Waals surface area contributed by atoms with Gasteiger partial charge >= 0.3 is 0 Å². The summed E-state index contributed by atoms with van der Waals surface area (Å²) in [5.41, 5.74) is 7.64. The Morgan fingerprint density at radius 1 is 1.30 bits per heavy atom. The first-order valence-electron chi connectivity index (χ1n) is 6.89. The number of aromatic nitrogens is 3. The number of pyridine rings is 1. The molecule has 2 aromatic heterocycles. The van der Waals surface area contributed by atoms with Gasteiger partial charge in [0.1, 0.15) is 5.39 Å². The number of hydrogen-bond donors (Lipinski definition) is 1. The quantitative estimate of drug-likeness (QED) is 0.794. The van der Waals surface area contributed by atoms with Crippen LogP contribution in [-0.4, -0.2) is 14.3 Å². The highest BCUT2D eigenvalue weighted by atomic mass is 16.1. The highest BCUT2D eigenvalue weighted by molar-refractivity contribution is 6.07. The Hall–Kier alpha value is -2.30. The molecule has 0 unspecified atom stereocenters. The molecular weight excluding hydrogens is 252 g/mol. The Morgan fingerprint density at radius 2 is 2.05 bits per heavy atom. The Bertz CT molecular complexity index is 844. The van der Waals surface area contributed by atoms with Crippen molar-refractivity contribution in [1.82, 2.24) is 14.3 Å². The summed E-state index contributed by atoms with van der Waals surface area (Å²) in [7, 11) is 1.82. The fraction of sp³-hybridized carbons (Fsp3) is 0.333. The summed E-state index contributed by atoms with van der Waals surface area (Å²) in [6, 6.07) is 7.92. The van der Waals surface area contributed by atoms with Gasteiger partial charge in [-0.2, -0.15) is 5.10 Å². The van der Waals surface area contributed by atoms with Crippen LogP contribution in [0.4, 0.5) is 5.82 Å². The molecule has 2 N–H and O–H groups in total. The van der Waals surface area contributed by atoms with E-state index in [2.05, 4.69) is 12.0 Å². The summed E-state index contributed by atoms with van der Waals surface area (Å²) >= 11 is 0. The molecule has 5 nitrogen and oxygen atoms in total. The van der Waals surface area contributed by atoms with Gasteiger partial charge in [0, 0.05) is 19.0 Å². The first kappa shape index (κ1) is 12.7. The highest BCUT2D eigenvalue weighted by Crippen LogP contribution is 2.25. The van der Waals surface area contributed by atoms with E-state index in [0.717, 1.165) is 29.3 Å². The lowest BCUT2D eigenvalue weighted by Gasteiger charge is -2.11. The molecule has 0 aliphatic heterocycles. The average Bonchev–Trinajstić information content (AvgIpc) is 2.74. The van der Waals surface area contributed by atoms with Crippen molar-refractivity contribution in [3.63, 3.8) is 0 Å². The number of aryl methyl sites for hydroxylation is 2. The van der Waals surface area contributed by atoms with E-state index in [-0.39, 0.29) is 5.56 Å². The number of benzene rings is 1. The van der Waals surface area contributed by atoms with E-state index in [1.165, 1.54) is 0 Å². The van der Waals surface area contributed by atoms with Crippen molar-refractivity contribution in [2.24, 2.45) is 7.05 Å². The van der Waals surface area contributed by atoms with Gasteiger partial charge in [-0.3, -0.25) is 9.48 Å². The molecule has 0 aliphatic carbocycles. The Morgan fingerprint density at radius 3 is 2.80 bits per heavy atom. The number of hydrogen-bond acceptors (Lipinski definition) is 3. The van der Waals surface area contributed by atoms with E-state index in [9.17, 15) is 4.79 Å². The third-order valence-corrected chi connectivity index (χ3v) is 3.72. The molecule has 0 atom stereocenters. The zero-order valence-corrected chi connectivity index (χ0v) is 11.8. The van der Waals surface area contributed by atoms with Crippen LogP contribution in [0.5, 0.6) is 0 Å². The van der Waals surface area contributed by atoms with Crippen LogP contribution in [0, 0.1) is 0 Å². The van der Waals surface area contributed by atoms with E-state index in [1.54, 1.807) is 4.68 Å². The molecule has 0 saturated heterocycles. The molecule has 2 heterocycles. The van der Waals surface area contributed by atoms with E-state index >= 15 is 0 Å². The largest absolute Gasteiger partial charge is 0.382 e. The zero-order chi connectivity index (χ0) is 14.3. The molecular formula is C15H18N4O. The SMILES string of the molecule is CCCCn1c(=O)c2c(N)nn(C)c2c2ccccc21. The third-order valence-electron chi connectivity index (χ3n) is 3.72. The lowest BCUT2D eigenvalue weighted by atomic mass is 10.1. The fourth-order valence-corrected chi connectivity index (χ4v) is 2.76. The summed E-state index contributed by atoms with van der Waals surface area (Å²) in [5.74, 6) is 0.309. The second-order valence-corrected chi connectivity index (χ2v) is 5.06. The van der Waals surface area contributed by atoms with Crippen molar-refractivity contribution >= 4 is 27.6 Å². The second-order valence-electron chi connectivity index (χ2n) is 5.06. The minimum atomic E-state index is -0.0437. The van der Waals surface area contributed by atoms with Crippen molar-refractivity contribution in [1.29, 1.82) is 0 Å². The minimum absolute atomic E-state index is 0.0437. The van der Waals surface area contributed by atoms with Gasteiger partial charge < -0.3 is 10.3 Å². The molecule has 0 spiro atoms. The predicted octanol–water partition coefficient (Wildman–Crippen LogP) is 2.27. The van der Waals surface area contributed by atoms with Gasteiger partial charge in [0.2, 0.25) is 0 Å². The van der Waals surface area contributed by atoms with Gasteiger partial charge in [-0.25, -0.2) is 0 Å². The summed E-state index contributed by atoms with van der Waals surface area (Å²) < 4.78 is 3.51. The van der Waals surface area contributed by atoms with Gasteiger partial charge in [0.15, 0.2) is 5.82 Å². The Balaban J connectivity index is 2.50. The van der Waals surface area contributed by atoms with Crippen molar-refractivity contribution in [2.75, 3.05) is 5.73 Å². The summed E-state index contributed by atoms with van der Waals surface area (Å²) in [6.45, 7) is 2.82. The van der Waals surface area contributed by atoms with Crippen LogP contribution in [0.1, 0.15) is 19.8 Å². The fourth-order valence-electron chi connectivity index (χ4n) is 2.76. The van der Waals surface area contributed by atoms with Crippen molar-refractivity contribution in [3.8, 4) is 0 Å². The molecule has 104 valence electrons. The molecule has 0 bridgehead atoms. The molecule has 0 saturated carbocycles. The topological polar surface area (TPSA) is 65.8 Å². The lowest BCUT2D eigenvalue weighted by Crippen LogP contribution is -2.21. The normalized spacial score (nSPS) is 11.5. The maximum Gasteiger partial charge on any atom is 0.264 e. The smallest absolute Gasteiger partial charge is 0.264 e.